The summed E-state index contributed by atoms with van der Waals surface area (Å²) in [6.07, 6.45) is 3.21. The summed E-state index contributed by atoms with van der Waals surface area (Å²) >= 11 is 1.55. The van der Waals surface area contributed by atoms with Crippen LogP contribution in [0.1, 0.15) is 30.6 Å². The van der Waals surface area contributed by atoms with Crippen molar-refractivity contribution in [3.63, 3.8) is 0 Å². The maximum absolute atomic E-state index is 12.4. The lowest BCUT2D eigenvalue weighted by Gasteiger charge is -2.19. The Morgan fingerprint density at radius 2 is 2.14 bits per heavy atom. The SMILES string of the molecule is O=C(CN1C(=O)NC2(CCCC2)C1=O)NCc1cccs1. The first-order valence-electron chi connectivity index (χ1n) is 7.04. The van der Waals surface area contributed by atoms with Crippen LogP contribution in [-0.4, -0.2) is 34.8 Å². The van der Waals surface area contributed by atoms with Gasteiger partial charge in [-0.25, -0.2) is 4.79 Å². The molecule has 1 spiro atoms. The van der Waals surface area contributed by atoms with E-state index in [2.05, 4.69) is 10.6 Å². The summed E-state index contributed by atoms with van der Waals surface area (Å²) in [5.41, 5.74) is -0.745. The second-order valence-corrected chi connectivity index (χ2v) is 6.50. The van der Waals surface area contributed by atoms with Crippen LogP contribution >= 0.6 is 11.3 Å². The Morgan fingerprint density at radius 3 is 2.81 bits per heavy atom. The zero-order chi connectivity index (χ0) is 14.9. The largest absolute Gasteiger partial charge is 0.350 e. The van der Waals surface area contributed by atoms with Crippen LogP contribution in [0.3, 0.4) is 0 Å². The van der Waals surface area contributed by atoms with Gasteiger partial charge in [-0.1, -0.05) is 18.9 Å². The number of hydrogen-bond acceptors (Lipinski definition) is 4. The molecule has 1 saturated heterocycles. The monoisotopic (exact) mass is 307 g/mol. The van der Waals surface area contributed by atoms with Crippen molar-refractivity contribution in [1.82, 2.24) is 15.5 Å². The summed E-state index contributed by atoms with van der Waals surface area (Å²) in [6, 6.07) is 3.38. The Bertz CT molecular complexity index is 564. The number of carbonyl (C=O) groups excluding carboxylic acids is 3. The van der Waals surface area contributed by atoms with Crippen molar-refractivity contribution in [3.8, 4) is 0 Å². The van der Waals surface area contributed by atoms with E-state index in [9.17, 15) is 14.4 Å². The second-order valence-electron chi connectivity index (χ2n) is 5.47. The van der Waals surface area contributed by atoms with Gasteiger partial charge in [0.25, 0.3) is 5.91 Å². The van der Waals surface area contributed by atoms with Crippen molar-refractivity contribution < 1.29 is 14.4 Å². The highest BCUT2D eigenvalue weighted by molar-refractivity contribution is 7.09. The second kappa shape index (κ2) is 5.48. The predicted octanol–water partition coefficient (Wildman–Crippen LogP) is 1.23. The van der Waals surface area contributed by atoms with E-state index in [1.54, 1.807) is 11.3 Å². The Morgan fingerprint density at radius 1 is 1.38 bits per heavy atom. The lowest BCUT2D eigenvalue weighted by atomic mass is 9.98. The number of hydrogen-bond donors (Lipinski definition) is 2. The maximum Gasteiger partial charge on any atom is 0.325 e. The summed E-state index contributed by atoms with van der Waals surface area (Å²) < 4.78 is 0. The Balaban J connectivity index is 1.58. The molecule has 1 aliphatic carbocycles. The molecule has 0 bridgehead atoms. The molecule has 7 heteroatoms. The average Bonchev–Trinajstić information content (AvgIpc) is 3.16. The number of rotatable bonds is 4. The molecule has 2 fully saturated rings. The van der Waals surface area contributed by atoms with Crippen molar-refractivity contribution in [2.45, 2.75) is 37.8 Å². The third-order valence-corrected chi connectivity index (χ3v) is 4.92. The molecule has 112 valence electrons. The molecule has 6 nitrogen and oxygen atoms in total. The van der Waals surface area contributed by atoms with Crippen molar-refractivity contribution in [1.29, 1.82) is 0 Å². The molecule has 0 atom stereocenters. The smallest absolute Gasteiger partial charge is 0.325 e. The molecule has 2 aliphatic rings. The molecule has 1 aliphatic heterocycles. The minimum atomic E-state index is -0.745. The van der Waals surface area contributed by atoms with E-state index in [1.165, 1.54) is 0 Å². The van der Waals surface area contributed by atoms with Crippen molar-refractivity contribution in [2.75, 3.05) is 6.54 Å². The molecule has 21 heavy (non-hydrogen) atoms. The number of carbonyl (C=O) groups is 3. The van der Waals surface area contributed by atoms with Crippen LogP contribution in [0.15, 0.2) is 17.5 Å². The zero-order valence-corrected chi connectivity index (χ0v) is 12.4. The zero-order valence-electron chi connectivity index (χ0n) is 11.6. The molecule has 4 amide bonds. The van der Waals surface area contributed by atoms with E-state index < -0.39 is 11.6 Å². The van der Waals surface area contributed by atoms with Gasteiger partial charge in [0.05, 0.1) is 6.54 Å². The molecule has 1 aromatic rings. The first kappa shape index (κ1) is 14.1. The van der Waals surface area contributed by atoms with Gasteiger partial charge in [0.2, 0.25) is 5.91 Å². The van der Waals surface area contributed by atoms with E-state index in [1.807, 2.05) is 17.5 Å². The van der Waals surface area contributed by atoms with Gasteiger partial charge in [-0.15, -0.1) is 11.3 Å². The summed E-state index contributed by atoms with van der Waals surface area (Å²) in [6.45, 7) is 0.211. The number of amides is 4. The quantitative estimate of drug-likeness (QED) is 0.821. The topological polar surface area (TPSA) is 78.5 Å². The molecule has 2 heterocycles. The minimum absolute atomic E-state index is 0.211. The minimum Gasteiger partial charge on any atom is -0.350 e. The molecule has 0 aromatic carbocycles. The summed E-state index contributed by atoms with van der Waals surface area (Å²) in [4.78, 5) is 38.3. The van der Waals surface area contributed by atoms with Crippen molar-refractivity contribution in [3.05, 3.63) is 22.4 Å². The van der Waals surface area contributed by atoms with Gasteiger partial charge in [-0.2, -0.15) is 0 Å². The lowest BCUT2D eigenvalue weighted by molar-refractivity contribution is -0.134. The van der Waals surface area contributed by atoms with E-state index in [0.29, 0.717) is 19.4 Å². The first-order chi connectivity index (χ1) is 10.1. The highest BCUT2D eigenvalue weighted by atomic mass is 32.1. The highest BCUT2D eigenvalue weighted by Crippen LogP contribution is 2.34. The number of nitrogens with one attached hydrogen (secondary N) is 2. The van der Waals surface area contributed by atoms with Crippen molar-refractivity contribution in [2.24, 2.45) is 0 Å². The van der Waals surface area contributed by atoms with Gasteiger partial charge in [0.15, 0.2) is 0 Å². The van der Waals surface area contributed by atoms with Crippen LogP contribution in [-0.2, 0) is 16.1 Å². The van der Waals surface area contributed by atoms with Crippen LogP contribution in [0, 0.1) is 0 Å². The Hall–Kier alpha value is -1.89. The summed E-state index contributed by atoms with van der Waals surface area (Å²) in [7, 11) is 0. The lowest BCUT2D eigenvalue weighted by Crippen LogP contribution is -2.45. The summed E-state index contributed by atoms with van der Waals surface area (Å²) in [5, 5.41) is 7.43. The molecule has 1 aromatic heterocycles. The van der Waals surface area contributed by atoms with Gasteiger partial charge in [-0.3, -0.25) is 14.5 Å². The molecule has 0 unspecified atom stereocenters. The third-order valence-electron chi connectivity index (χ3n) is 4.04. The van der Waals surface area contributed by atoms with E-state index in [-0.39, 0.29) is 18.4 Å². The number of imide groups is 1. The molecule has 3 rings (SSSR count). The van der Waals surface area contributed by atoms with Crippen LogP contribution in [0.5, 0.6) is 0 Å². The molecular weight excluding hydrogens is 290 g/mol. The van der Waals surface area contributed by atoms with Crippen LogP contribution in [0.2, 0.25) is 0 Å². The number of urea groups is 1. The predicted molar refractivity (Wildman–Crippen MR) is 77.6 cm³/mol. The van der Waals surface area contributed by atoms with Gasteiger partial charge in [0, 0.05) is 4.88 Å². The first-order valence-corrected chi connectivity index (χ1v) is 7.92. The van der Waals surface area contributed by atoms with Gasteiger partial charge in [-0.05, 0) is 24.3 Å². The Labute approximate surface area is 126 Å². The van der Waals surface area contributed by atoms with Gasteiger partial charge >= 0.3 is 6.03 Å². The van der Waals surface area contributed by atoms with E-state index in [0.717, 1.165) is 22.6 Å². The van der Waals surface area contributed by atoms with E-state index in [4.69, 9.17) is 0 Å². The fourth-order valence-electron chi connectivity index (χ4n) is 2.94. The van der Waals surface area contributed by atoms with E-state index >= 15 is 0 Å². The fraction of sp³-hybridized carbons (Fsp3) is 0.500. The van der Waals surface area contributed by atoms with Gasteiger partial charge < -0.3 is 10.6 Å². The standard InChI is InChI=1S/C14H17N3O3S/c18-11(15-8-10-4-3-7-21-10)9-17-12(19)14(16-13(17)20)5-1-2-6-14/h3-4,7H,1-2,5-6,8-9H2,(H,15,18)(H,16,20). The molecule has 0 radical (unpaired) electrons. The summed E-state index contributed by atoms with van der Waals surface area (Å²) in [5.74, 6) is -0.571. The third kappa shape index (κ3) is 2.65. The molecule has 1 saturated carbocycles. The Kier molecular flexibility index (Phi) is 3.67. The van der Waals surface area contributed by atoms with Crippen LogP contribution < -0.4 is 10.6 Å². The highest BCUT2D eigenvalue weighted by Gasteiger charge is 2.52. The number of nitrogens with zero attached hydrogens (tertiary/aromatic N) is 1. The number of thiophene rings is 1. The average molecular weight is 307 g/mol. The fourth-order valence-corrected chi connectivity index (χ4v) is 3.58. The molecular formula is C14H17N3O3S. The maximum atomic E-state index is 12.4. The van der Waals surface area contributed by atoms with Crippen molar-refractivity contribution >= 4 is 29.2 Å². The normalized spacial score (nSPS) is 20.1. The van der Waals surface area contributed by atoms with Crippen LogP contribution in [0.25, 0.3) is 0 Å². The molecule has 2 N–H and O–H groups in total. The van der Waals surface area contributed by atoms with Crippen LogP contribution in [0.4, 0.5) is 4.79 Å². The van der Waals surface area contributed by atoms with Gasteiger partial charge in [0.1, 0.15) is 12.1 Å².